The summed E-state index contributed by atoms with van der Waals surface area (Å²) in [5.41, 5.74) is 3.43. The molecule has 1 aromatic heterocycles. The lowest BCUT2D eigenvalue weighted by atomic mass is 10.0. The first-order valence-corrected chi connectivity index (χ1v) is 8.01. The van der Waals surface area contributed by atoms with E-state index in [-0.39, 0.29) is 0 Å². The van der Waals surface area contributed by atoms with Gasteiger partial charge in [-0.3, -0.25) is 0 Å². The molecule has 21 heavy (non-hydrogen) atoms. The van der Waals surface area contributed by atoms with E-state index in [0.717, 1.165) is 29.4 Å². The molecule has 0 aliphatic heterocycles. The third kappa shape index (κ3) is 3.25. The van der Waals surface area contributed by atoms with Crippen LogP contribution in [0.15, 0.2) is 30.5 Å². The molecule has 1 unspecified atom stereocenters. The zero-order valence-corrected chi connectivity index (χ0v) is 13.0. The molecule has 0 bridgehead atoms. The highest BCUT2D eigenvalue weighted by molar-refractivity contribution is 6.30. The van der Waals surface area contributed by atoms with E-state index in [0.29, 0.717) is 6.04 Å². The minimum Gasteiger partial charge on any atom is -0.310 e. The maximum Gasteiger partial charge on any atom is 0.159 e. The van der Waals surface area contributed by atoms with Crippen LogP contribution < -0.4 is 5.32 Å². The van der Waals surface area contributed by atoms with Gasteiger partial charge in [-0.1, -0.05) is 37.1 Å². The van der Waals surface area contributed by atoms with Gasteiger partial charge in [-0.05, 0) is 37.9 Å². The fourth-order valence-corrected chi connectivity index (χ4v) is 3.13. The van der Waals surface area contributed by atoms with Crippen molar-refractivity contribution < 1.29 is 0 Å². The lowest BCUT2D eigenvalue weighted by Crippen LogP contribution is -2.21. The predicted octanol–water partition coefficient (Wildman–Crippen LogP) is 4.17. The van der Waals surface area contributed by atoms with Crippen LogP contribution in [0.4, 0.5) is 0 Å². The molecule has 0 amide bonds. The predicted molar refractivity (Wildman–Crippen MR) is 86.5 cm³/mol. The molecule has 0 saturated carbocycles. The van der Waals surface area contributed by atoms with E-state index in [1.54, 1.807) is 0 Å². The lowest BCUT2D eigenvalue weighted by molar-refractivity contribution is 0.502. The molecule has 0 spiro atoms. The summed E-state index contributed by atoms with van der Waals surface area (Å²) < 4.78 is 0. The van der Waals surface area contributed by atoms with Crippen molar-refractivity contribution in [2.24, 2.45) is 0 Å². The van der Waals surface area contributed by atoms with Gasteiger partial charge in [0.05, 0.1) is 0 Å². The van der Waals surface area contributed by atoms with E-state index in [1.165, 1.54) is 30.5 Å². The molecule has 0 fully saturated rings. The molecule has 1 aromatic carbocycles. The van der Waals surface area contributed by atoms with Gasteiger partial charge in [0.25, 0.3) is 0 Å². The molecule has 3 rings (SSSR count). The zero-order chi connectivity index (χ0) is 14.7. The highest BCUT2D eigenvalue weighted by Gasteiger charge is 2.20. The van der Waals surface area contributed by atoms with E-state index in [2.05, 4.69) is 17.2 Å². The summed E-state index contributed by atoms with van der Waals surface area (Å²) in [5, 5.41) is 4.27. The molecular formula is C17H20ClN3. The highest BCUT2D eigenvalue weighted by Crippen LogP contribution is 2.29. The zero-order valence-electron chi connectivity index (χ0n) is 12.3. The Balaban J connectivity index is 1.98. The second-order valence-corrected chi connectivity index (χ2v) is 5.90. The van der Waals surface area contributed by atoms with Crippen LogP contribution in [-0.4, -0.2) is 16.5 Å². The van der Waals surface area contributed by atoms with Gasteiger partial charge in [0.15, 0.2) is 5.82 Å². The van der Waals surface area contributed by atoms with E-state index >= 15 is 0 Å². The third-order valence-corrected chi connectivity index (χ3v) is 4.20. The van der Waals surface area contributed by atoms with Crippen LogP contribution in [0.5, 0.6) is 0 Å². The van der Waals surface area contributed by atoms with Crippen molar-refractivity contribution in [1.82, 2.24) is 15.3 Å². The Morgan fingerprint density at radius 1 is 1.33 bits per heavy atom. The van der Waals surface area contributed by atoms with Gasteiger partial charge in [-0.15, -0.1) is 0 Å². The van der Waals surface area contributed by atoms with Gasteiger partial charge in [0.2, 0.25) is 0 Å². The molecule has 110 valence electrons. The number of benzene rings is 1. The van der Waals surface area contributed by atoms with Gasteiger partial charge in [-0.2, -0.15) is 0 Å². The van der Waals surface area contributed by atoms with Gasteiger partial charge in [0, 0.05) is 34.1 Å². The van der Waals surface area contributed by atoms with Crippen molar-refractivity contribution in [3.63, 3.8) is 0 Å². The second kappa shape index (κ2) is 6.54. The molecule has 3 nitrogen and oxygen atoms in total. The third-order valence-electron chi connectivity index (χ3n) is 3.97. The molecule has 0 saturated heterocycles. The van der Waals surface area contributed by atoms with Crippen molar-refractivity contribution in [3.05, 3.63) is 46.7 Å². The summed E-state index contributed by atoms with van der Waals surface area (Å²) >= 11 is 6.06. The number of nitrogens with one attached hydrogen (secondary N) is 1. The van der Waals surface area contributed by atoms with E-state index in [4.69, 9.17) is 16.6 Å². The molecule has 1 aliphatic carbocycles. The smallest absolute Gasteiger partial charge is 0.159 e. The van der Waals surface area contributed by atoms with Gasteiger partial charge in [-0.25, -0.2) is 9.97 Å². The van der Waals surface area contributed by atoms with Crippen LogP contribution in [0.3, 0.4) is 0 Å². The van der Waals surface area contributed by atoms with Crippen LogP contribution in [-0.2, 0) is 6.42 Å². The summed E-state index contributed by atoms with van der Waals surface area (Å²) in [6.45, 7) is 3.12. The van der Waals surface area contributed by atoms with Crippen LogP contribution in [0, 0.1) is 0 Å². The van der Waals surface area contributed by atoms with Crippen molar-refractivity contribution in [1.29, 1.82) is 0 Å². The van der Waals surface area contributed by atoms with Gasteiger partial charge < -0.3 is 5.32 Å². The largest absolute Gasteiger partial charge is 0.310 e. The first kappa shape index (κ1) is 14.5. The van der Waals surface area contributed by atoms with Crippen molar-refractivity contribution >= 4 is 11.6 Å². The molecule has 0 radical (unpaired) electrons. The normalized spacial score (nSPS) is 18.1. The quantitative estimate of drug-likeness (QED) is 0.865. The maximum absolute atomic E-state index is 6.06. The van der Waals surface area contributed by atoms with E-state index in [1.807, 2.05) is 30.5 Å². The van der Waals surface area contributed by atoms with Crippen molar-refractivity contribution in [2.45, 2.75) is 38.6 Å². The minimum absolute atomic E-state index is 0.390. The summed E-state index contributed by atoms with van der Waals surface area (Å²) in [4.78, 5) is 9.38. The number of halogens is 1. The second-order valence-electron chi connectivity index (χ2n) is 5.46. The maximum atomic E-state index is 6.06. The molecule has 2 aromatic rings. The average Bonchev–Trinajstić information content (AvgIpc) is 2.70. The Hall–Kier alpha value is -1.45. The fraction of sp³-hybridized carbons (Fsp3) is 0.412. The number of fused-ring (bicyclic) bond motifs is 1. The molecular weight excluding hydrogens is 282 g/mol. The average molecular weight is 302 g/mol. The Morgan fingerprint density at radius 3 is 3.05 bits per heavy atom. The first-order chi connectivity index (χ1) is 10.3. The highest BCUT2D eigenvalue weighted by atomic mass is 35.5. The molecule has 1 aliphatic rings. The topological polar surface area (TPSA) is 37.8 Å². The summed E-state index contributed by atoms with van der Waals surface area (Å²) in [5.74, 6) is 0.772. The number of aromatic nitrogens is 2. The van der Waals surface area contributed by atoms with E-state index in [9.17, 15) is 0 Å². The molecule has 4 heteroatoms. The number of aryl methyl sites for hydroxylation is 1. The number of hydrogen-bond acceptors (Lipinski definition) is 3. The van der Waals surface area contributed by atoms with Crippen LogP contribution in [0.2, 0.25) is 5.02 Å². The Kier molecular flexibility index (Phi) is 4.51. The Morgan fingerprint density at radius 2 is 2.24 bits per heavy atom. The molecule has 1 atom stereocenters. The summed E-state index contributed by atoms with van der Waals surface area (Å²) in [6.07, 6.45) is 6.63. The number of nitrogens with zero attached hydrogens (tertiary/aromatic N) is 2. The number of rotatable bonds is 3. The van der Waals surface area contributed by atoms with Crippen LogP contribution >= 0.6 is 11.6 Å². The fourth-order valence-electron chi connectivity index (χ4n) is 2.94. The van der Waals surface area contributed by atoms with Crippen LogP contribution in [0.25, 0.3) is 11.4 Å². The van der Waals surface area contributed by atoms with E-state index < -0.39 is 0 Å². The molecule has 1 heterocycles. The number of hydrogen-bond donors (Lipinski definition) is 1. The van der Waals surface area contributed by atoms with Crippen molar-refractivity contribution in [2.75, 3.05) is 6.54 Å². The summed E-state index contributed by atoms with van der Waals surface area (Å²) in [6, 6.07) is 8.12. The van der Waals surface area contributed by atoms with Crippen LogP contribution in [0.1, 0.15) is 43.5 Å². The standard InChI is InChI=1S/C17H20ClN3/c1-2-19-15-8-3-4-9-16-14(15)11-20-17(21-16)12-6-5-7-13(18)10-12/h5-7,10-11,15,19H,2-4,8-9H2,1H3. The Bertz CT molecular complexity index is 627. The summed E-state index contributed by atoms with van der Waals surface area (Å²) in [7, 11) is 0. The monoisotopic (exact) mass is 301 g/mol. The van der Waals surface area contributed by atoms with Crippen molar-refractivity contribution in [3.8, 4) is 11.4 Å². The lowest BCUT2D eigenvalue weighted by Gasteiger charge is -2.18. The Labute approximate surface area is 130 Å². The minimum atomic E-state index is 0.390. The first-order valence-electron chi connectivity index (χ1n) is 7.63. The molecule has 1 N–H and O–H groups in total. The van der Waals surface area contributed by atoms with Gasteiger partial charge >= 0.3 is 0 Å². The van der Waals surface area contributed by atoms with Gasteiger partial charge in [0.1, 0.15) is 0 Å². The SMILES string of the molecule is CCNC1CCCCc2nc(-c3cccc(Cl)c3)ncc21.